The van der Waals surface area contributed by atoms with Crippen LogP contribution in [-0.2, 0) is 6.54 Å². The minimum Gasteiger partial charge on any atom is -0.497 e. The molecule has 0 bridgehead atoms. The molecule has 0 saturated carbocycles. The zero-order valence-corrected chi connectivity index (χ0v) is 14.7. The van der Waals surface area contributed by atoms with Gasteiger partial charge in [0.1, 0.15) is 18.0 Å². The molecule has 2 aromatic heterocycles. The van der Waals surface area contributed by atoms with Gasteiger partial charge >= 0.3 is 0 Å². The first-order valence-corrected chi connectivity index (χ1v) is 8.14. The molecule has 136 valence electrons. The van der Waals surface area contributed by atoms with Crippen LogP contribution in [0.2, 0.25) is 0 Å². The Kier molecular flexibility index (Phi) is 4.48. The van der Waals surface area contributed by atoms with Gasteiger partial charge in [-0.05, 0) is 29.5 Å². The molecule has 2 heterocycles. The molecule has 0 fully saturated rings. The van der Waals surface area contributed by atoms with Crippen LogP contribution in [0.1, 0.15) is 5.89 Å². The summed E-state index contributed by atoms with van der Waals surface area (Å²) in [6, 6.07) is 14.9. The Balaban J connectivity index is 1.52. The molecule has 4 aromatic rings. The smallest absolute Gasteiger partial charge is 0.250 e. The van der Waals surface area contributed by atoms with Crippen molar-refractivity contribution in [1.29, 1.82) is 0 Å². The average Bonchev–Trinajstić information content (AvgIpc) is 3.38. The first kappa shape index (κ1) is 16.7. The average molecular weight is 364 g/mol. The summed E-state index contributed by atoms with van der Waals surface area (Å²) in [4.78, 5) is 5.78. The molecule has 0 unspecified atom stereocenters. The van der Waals surface area contributed by atoms with E-state index in [1.807, 2.05) is 48.5 Å². The van der Waals surface area contributed by atoms with Crippen molar-refractivity contribution in [3.8, 4) is 34.3 Å². The van der Waals surface area contributed by atoms with Crippen molar-refractivity contribution < 1.29 is 14.0 Å². The summed E-state index contributed by atoms with van der Waals surface area (Å²) in [6.45, 7) is 0.216. The van der Waals surface area contributed by atoms with Crippen molar-refractivity contribution in [3.63, 3.8) is 0 Å². The van der Waals surface area contributed by atoms with E-state index in [0.717, 1.165) is 22.6 Å². The lowest BCUT2D eigenvalue weighted by Crippen LogP contribution is -2.04. The fraction of sp³-hybridized carbons (Fsp3) is 0.167. The summed E-state index contributed by atoms with van der Waals surface area (Å²) in [6.07, 6.45) is 0. The van der Waals surface area contributed by atoms with Gasteiger partial charge in [0.2, 0.25) is 11.6 Å². The highest BCUT2D eigenvalue weighted by molar-refractivity contribution is 5.57. The number of rotatable bonds is 6. The van der Waals surface area contributed by atoms with Gasteiger partial charge in [-0.25, -0.2) is 0 Å². The molecule has 9 nitrogen and oxygen atoms in total. The number of hydrogen-bond donors (Lipinski definition) is 0. The molecule has 0 aliphatic heterocycles. The molecule has 4 rings (SSSR count). The maximum atomic E-state index is 5.30. The van der Waals surface area contributed by atoms with Gasteiger partial charge in [0.25, 0.3) is 5.89 Å². The van der Waals surface area contributed by atoms with Crippen LogP contribution in [0.4, 0.5) is 0 Å². The Morgan fingerprint density at radius 1 is 0.926 bits per heavy atom. The van der Waals surface area contributed by atoms with Crippen LogP contribution in [0.15, 0.2) is 53.1 Å². The number of hydrogen-bond acceptors (Lipinski definition) is 8. The highest BCUT2D eigenvalue weighted by Gasteiger charge is 2.13. The van der Waals surface area contributed by atoms with Crippen molar-refractivity contribution in [2.75, 3.05) is 14.2 Å². The molecular weight excluding hydrogens is 348 g/mol. The van der Waals surface area contributed by atoms with Gasteiger partial charge in [0, 0.05) is 11.1 Å². The van der Waals surface area contributed by atoms with Crippen LogP contribution in [0.3, 0.4) is 0 Å². The van der Waals surface area contributed by atoms with Crippen molar-refractivity contribution in [2.45, 2.75) is 6.54 Å². The molecule has 27 heavy (non-hydrogen) atoms. The zero-order chi connectivity index (χ0) is 18.6. The second kappa shape index (κ2) is 7.24. The number of methoxy groups -OCH3 is 2. The topological polar surface area (TPSA) is 101 Å². The van der Waals surface area contributed by atoms with E-state index in [4.69, 9.17) is 14.0 Å². The number of nitrogens with zero attached hydrogens (tertiary/aromatic N) is 6. The van der Waals surface area contributed by atoms with Gasteiger partial charge in [-0.3, -0.25) is 0 Å². The third kappa shape index (κ3) is 3.61. The molecule has 0 N–H and O–H groups in total. The summed E-state index contributed by atoms with van der Waals surface area (Å²) in [5.41, 5.74) is 1.61. The third-order valence-electron chi connectivity index (χ3n) is 3.85. The summed E-state index contributed by atoms with van der Waals surface area (Å²) in [5.74, 6) is 2.78. The van der Waals surface area contributed by atoms with Gasteiger partial charge in [-0.15, -0.1) is 10.2 Å². The van der Waals surface area contributed by atoms with Crippen molar-refractivity contribution in [3.05, 3.63) is 54.4 Å². The summed E-state index contributed by atoms with van der Waals surface area (Å²) in [5, 5.41) is 16.5. The Morgan fingerprint density at radius 3 is 2.26 bits per heavy atom. The van der Waals surface area contributed by atoms with Crippen molar-refractivity contribution in [2.24, 2.45) is 0 Å². The highest BCUT2D eigenvalue weighted by Crippen LogP contribution is 2.22. The van der Waals surface area contributed by atoms with Crippen LogP contribution in [0.25, 0.3) is 22.8 Å². The van der Waals surface area contributed by atoms with E-state index in [9.17, 15) is 0 Å². The SMILES string of the molecule is COc1cccc(-c2noc(Cn3nnc(-c4cccc(OC)c4)n3)n2)c1. The number of aromatic nitrogens is 6. The van der Waals surface area contributed by atoms with E-state index in [1.54, 1.807) is 14.2 Å². The Hall–Kier alpha value is -3.75. The third-order valence-corrected chi connectivity index (χ3v) is 3.85. The first-order valence-electron chi connectivity index (χ1n) is 8.14. The maximum Gasteiger partial charge on any atom is 0.250 e. The van der Waals surface area contributed by atoms with Gasteiger partial charge in [-0.2, -0.15) is 9.78 Å². The van der Waals surface area contributed by atoms with Gasteiger partial charge in [0.15, 0.2) is 0 Å². The molecule has 0 spiro atoms. The maximum absolute atomic E-state index is 5.30. The van der Waals surface area contributed by atoms with E-state index < -0.39 is 0 Å². The molecule has 0 saturated heterocycles. The van der Waals surface area contributed by atoms with Gasteiger partial charge in [-0.1, -0.05) is 29.4 Å². The Labute approximate surface area is 154 Å². The fourth-order valence-electron chi connectivity index (χ4n) is 2.51. The lowest BCUT2D eigenvalue weighted by atomic mass is 10.2. The van der Waals surface area contributed by atoms with E-state index in [1.165, 1.54) is 4.80 Å². The highest BCUT2D eigenvalue weighted by atomic mass is 16.5. The lowest BCUT2D eigenvalue weighted by molar-refractivity contribution is 0.356. The van der Waals surface area contributed by atoms with Gasteiger partial charge in [0.05, 0.1) is 14.2 Å². The largest absolute Gasteiger partial charge is 0.497 e. The molecule has 0 amide bonds. The molecule has 0 radical (unpaired) electrons. The molecule has 9 heteroatoms. The van der Waals surface area contributed by atoms with Crippen molar-refractivity contribution >= 4 is 0 Å². The molecule has 0 aliphatic rings. The number of tetrazole rings is 1. The number of benzene rings is 2. The monoisotopic (exact) mass is 364 g/mol. The van der Waals surface area contributed by atoms with Crippen LogP contribution in [-0.4, -0.2) is 44.6 Å². The second-order valence-corrected chi connectivity index (χ2v) is 5.62. The normalized spacial score (nSPS) is 10.7. The van der Waals surface area contributed by atoms with Crippen molar-refractivity contribution in [1.82, 2.24) is 30.3 Å². The number of ether oxygens (including phenoxy) is 2. The lowest BCUT2D eigenvalue weighted by Gasteiger charge is -2.00. The first-order chi connectivity index (χ1) is 13.2. The van der Waals surface area contributed by atoms with Crippen LogP contribution < -0.4 is 9.47 Å². The molecule has 2 aromatic carbocycles. The quantitative estimate of drug-likeness (QED) is 0.514. The van der Waals surface area contributed by atoms with Crippen LogP contribution >= 0.6 is 0 Å². The van der Waals surface area contributed by atoms with Crippen LogP contribution in [0.5, 0.6) is 11.5 Å². The van der Waals surface area contributed by atoms with E-state index in [-0.39, 0.29) is 6.54 Å². The van der Waals surface area contributed by atoms with E-state index in [2.05, 4.69) is 25.6 Å². The Bertz CT molecular complexity index is 975. The van der Waals surface area contributed by atoms with E-state index in [0.29, 0.717) is 17.5 Å². The van der Waals surface area contributed by atoms with Gasteiger partial charge < -0.3 is 14.0 Å². The standard InChI is InChI=1S/C18H16N6O3/c1-25-14-7-3-5-12(9-14)17-19-16(27-22-17)11-24-21-18(20-23-24)13-6-4-8-15(10-13)26-2/h3-10H,11H2,1-2H3. The summed E-state index contributed by atoms with van der Waals surface area (Å²) in [7, 11) is 3.22. The predicted molar refractivity (Wildman–Crippen MR) is 95.2 cm³/mol. The fourth-order valence-corrected chi connectivity index (χ4v) is 2.51. The summed E-state index contributed by atoms with van der Waals surface area (Å²) < 4.78 is 15.7. The minimum atomic E-state index is 0.216. The zero-order valence-electron chi connectivity index (χ0n) is 14.7. The van der Waals surface area contributed by atoms with Crippen LogP contribution in [0, 0.1) is 0 Å². The minimum absolute atomic E-state index is 0.216. The molecule has 0 atom stereocenters. The second-order valence-electron chi connectivity index (χ2n) is 5.62. The van der Waals surface area contributed by atoms with E-state index >= 15 is 0 Å². The predicted octanol–water partition coefficient (Wildman–Crippen LogP) is 2.46. The summed E-state index contributed by atoms with van der Waals surface area (Å²) >= 11 is 0. The molecular formula is C18H16N6O3. The molecule has 0 aliphatic carbocycles. The Morgan fingerprint density at radius 2 is 1.59 bits per heavy atom.